The lowest BCUT2D eigenvalue weighted by molar-refractivity contribution is 0.0692. The van der Waals surface area contributed by atoms with Gasteiger partial charge in [-0.2, -0.15) is 15.6 Å². The molecule has 2 rings (SSSR count). The standard InChI is InChI=1S/C13H14N2O4S2/c1-15(7-9-4-5-20-8-9)21(18,19)12-6-10(14)2-3-11(12)13(16)17/h2-6,8H,7,14H2,1H3,(H,16,17). The van der Waals surface area contributed by atoms with Gasteiger partial charge in [0.25, 0.3) is 0 Å². The molecule has 1 aromatic heterocycles. The van der Waals surface area contributed by atoms with E-state index in [0.717, 1.165) is 9.87 Å². The van der Waals surface area contributed by atoms with Crippen LogP contribution in [-0.4, -0.2) is 30.8 Å². The van der Waals surface area contributed by atoms with E-state index in [0.29, 0.717) is 0 Å². The molecule has 0 aliphatic heterocycles. The van der Waals surface area contributed by atoms with Crippen LogP contribution >= 0.6 is 11.3 Å². The summed E-state index contributed by atoms with van der Waals surface area (Å²) in [6, 6.07) is 5.54. The minimum Gasteiger partial charge on any atom is -0.478 e. The molecule has 0 aliphatic carbocycles. The zero-order chi connectivity index (χ0) is 15.6. The fourth-order valence-electron chi connectivity index (χ4n) is 1.82. The molecule has 0 radical (unpaired) electrons. The third-order valence-corrected chi connectivity index (χ3v) is 5.49. The SMILES string of the molecule is CN(Cc1ccsc1)S(=O)(=O)c1cc(N)ccc1C(=O)O. The van der Waals surface area contributed by atoms with E-state index in [2.05, 4.69) is 0 Å². The molecule has 0 spiro atoms. The van der Waals surface area contributed by atoms with Gasteiger partial charge in [0.2, 0.25) is 10.0 Å². The van der Waals surface area contributed by atoms with E-state index < -0.39 is 16.0 Å². The summed E-state index contributed by atoms with van der Waals surface area (Å²) in [6.07, 6.45) is 0. The first-order chi connectivity index (χ1) is 9.82. The Labute approximate surface area is 126 Å². The summed E-state index contributed by atoms with van der Waals surface area (Å²) in [7, 11) is -2.53. The smallest absolute Gasteiger partial charge is 0.337 e. The molecule has 112 valence electrons. The molecular weight excluding hydrogens is 312 g/mol. The number of rotatable bonds is 5. The summed E-state index contributed by atoms with van der Waals surface area (Å²) in [6.45, 7) is 0.166. The molecular formula is C13H14N2O4S2. The second kappa shape index (κ2) is 5.84. The zero-order valence-electron chi connectivity index (χ0n) is 11.2. The van der Waals surface area contributed by atoms with Crippen molar-refractivity contribution in [2.75, 3.05) is 12.8 Å². The Morgan fingerprint density at radius 3 is 2.67 bits per heavy atom. The van der Waals surface area contributed by atoms with Crippen LogP contribution in [0.3, 0.4) is 0 Å². The molecule has 1 heterocycles. The Hall–Kier alpha value is -1.90. The molecule has 2 aromatic rings. The van der Waals surface area contributed by atoms with Gasteiger partial charge in [-0.15, -0.1) is 0 Å². The summed E-state index contributed by atoms with van der Waals surface area (Å²) in [5.41, 5.74) is 6.33. The van der Waals surface area contributed by atoms with Gasteiger partial charge in [0.1, 0.15) is 0 Å². The lowest BCUT2D eigenvalue weighted by Gasteiger charge is -2.18. The van der Waals surface area contributed by atoms with Crippen LogP contribution in [0.4, 0.5) is 5.69 Å². The van der Waals surface area contributed by atoms with Gasteiger partial charge in [-0.05, 0) is 40.6 Å². The number of hydrogen-bond donors (Lipinski definition) is 2. The first-order valence-corrected chi connectivity index (χ1v) is 8.31. The maximum Gasteiger partial charge on any atom is 0.337 e. The monoisotopic (exact) mass is 326 g/mol. The molecule has 21 heavy (non-hydrogen) atoms. The van der Waals surface area contributed by atoms with Crippen LogP contribution in [0.25, 0.3) is 0 Å². The highest BCUT2D eigenvalue weighted by molar-refractivity contribution is 7.89. The quantitative estimate of drug-likeness (QED) is 0.817. The highest BCUT2D eigenvalue weighted by atomic mass is 32.2. The Balaban J connectivity index is 2.43. The molecule has 0 saturated heterocycles. The average Bonchev–Trinajstić information content (AvgIpc) is 2.91. The van der Waals surface area contributed by atoms with Gasteiger partial charge in [-0.25, -0.2) is 13.2 Å². The van der Waals surface area contributed by atoms with Crippen molar-refractivity contribution in [3.63, 3.8) is 0 Å². The van der Waals surface area contributed by atoms with Gasteiger partial charge in [0.05, 0.1) is 10.5 Å². The molecule has 0 aliphatic rings. The first-order valence-electron chi connectivity index (χ1n) is 5.92. The van der Waals surface area contributed by atoms with Crippen molar-refractivity contribution in [2.45, 2.75) is 11.4 Å². The normalized spacial score (nSPS) is 11.7. The van der Waals surface area contributed by atoms with E-state index in [1.807, 2.05) is 16.8 Å². The number of nitrogen functional groups attached to an aromatic ring is 1. The van der Waals surface area contributed by atoms with Gasteiger partial charge in [0, 0.05) is 19.3 Å². The summed E-state index contributed by atoms with van der Waals surface area (Å²) >= 11 is 1.46. The molecule has 6 nitrogen and oxygen atoms in total. The second-order valence-corrected chi connectivity index (χ2v) is 7.25. The number of hydrogen-bond acceptors (Lipinski definition) is 5. The number of benzene rings is 1. The van der Waals surface area contributed by atoms with Crippen LogP contribution in [-0.2, 0) is 16.6 Å². The summed E-state index contributed by atoms with van der Waals surface area (Å²) in [5.74, 6) is -1.31. The number of nitrogens with zero attached hydrogens (tertiary/aromatic N) is 1. The summed E-state index contributed by atoms with van der Waals surface area (Å²) in [4.78, 5) is 10.9. The van der Waals surface area contributed by atoms with Crippen LogP contribution in [0.15, 0.2) is 39.9 Å². The van der Waals surface area contributed by atoms with Crippen LogP contribution in [0, 0.1) is 0 Å². The molecule has 3 N–H and O–H groups in total. The van der Waals surface area contributed by atoms with Gasteiger partial charge in [0.15, 0.2) is 0 Å². The number of aromatic carboxylic acids is 1. The second-order valence-electron chi connectivity index (χ2n) is 4.45. The molecule has 0 atom stereocenters. The van der Waals surface area contributed by atoms with E-state index in [9.17, 15) is 13.2 Å². The maximum atomic E-state index is 12.5. The van der Waals surface area contributed by atoms with E-state index in [1.54, 1.807) is 0 Å². The minimum absolute atomic E-state index is 0.166. The number of sulfonamides is 1. The van der Waals surface area contributed by atoms with Crippen molar-refractivity contribution in [1.82, 2.24) is 4.31 Å². The Kier molecular flexibility index (Phi) is 4.31. The van der Waals surface area contributed by atoms with Crippen molar-refractivity contribution in [3.8, 4) is 0 Å². The zero-order valence-corrected chi connectivity index (χ0v) is 12.8. The fourth-order valence-corrected chi connectivity index (χ4v) is 3.85. The number of carboxylic acid groups (broad SMARTS) is 1. The highest BCUT2D eigenvalue weighted by Gasteiger charge is 2.27. The Morgan fingerprint density at radius 2 is 2.10 bits per heavy atom. The predicted octanol–water partition coefficient (Wildman–Crippen LogP) is 1.85. The molecule has 0 unspecified atom stereocenters. The molecule has 0 amide bonds. The largest absolute Gasteiger partial charge is 0.478 e. The maximum absolute atomic E-state index is 12.5. The van der Waals surface area contributed by atoms with Crippen molar-refractivity contribution in [2.24, 2.45) is 0 Å². The fraction of sp³-hybridized carbons (Fsp3) is 0.154. The third-order valence-electron chi connectivity index (χ3n) is 2.91. The lowest BCUT2D eigenvalue weighted by atomic mass is 10.2. The van der Waals surface area contributed by atoms with Crippen molar-refractivity contribution < 1.29 is 18.3 Å². The third kappa shape index (κ3) is 3.23. The van der Waals surface area contributed by atoms with Crippen molar-refractivity contribution >= 4 is 33.0 Å². The summed E-state index contributed by atoms with van der Waals surface area (Å²) in [5, 5.41) is 12.8. The van der Waals surface area contributed by atoms with E-state index in [-0.39, 0.29) is 22.7 Å². The number of anilines is 1. The highest BCUT2D eigenvalue weighted by Crippen LogP contribution is 2.24. The number of carboxylic acids is 1. The predicted molar refractivity (Wildman–Crippen MR) is 80.8 cm³/mol. The van der Waals surface area contributed by atoms with Gasteiger partial charge in [-0.1, -0.05) is 0 Å². The van der Waals surface area contributed by atoms with Gasteiger partial charge < -0.3 is 10.8 Å². The molecule has 1 aromatic carbocycles. The first kappa shape index (κ1) is 15.5. The van der Waals surface area contributed by atoms with E-state index in [4.69, 9.17) is 10.8 Å². The van der Waals surface area contributed by atoms with Crippen LogP contribution < -0.4 is 5.73 Å². The van der Waals surface area contributed by atoms with Gasteiger partial charge >= 0.3 is 5.97 Å². The molecule has 8 heteroatoms. The average molecular weight is 326 g/mol. The Bertz CT molecular complexity index is 754. The summed E-state index contributed by atoms with van der Waals surface area (Å²) < 4.78 is 26.2. The van der Waals surface area contributed by atoms with Crippen molar-refractivity contribution in [1.29, 1.82) is 0 Å². The number of carbonyl (C=O) groups is 1. The molecule has 0 saturated carbocycles. The van der Waals surface area contributed by atoms with Crippen LogP contribution in [0.2, 0.25) is 0 Å². The number of nitrogens with two attached hydrogens (primary N) is 1. The van der Waals surface area contributed by atoms with Crippen molar-refractivity contribution in [3.05, 3.63) is 46.2 Å². The van der Waals surface area contributed by atoms with Gasteiger partial charge in [-0.3, -0.25) is 0 Å². The molecule has 0 fully saturated rings. The lowest BCUT2D eigenvalue weighted by Crippen LogP contribution is -2.28. The van der Waals surface area contributed by atoms with Crippen LogP contribution in [0.1, 0.15) is 15.9 Å². The van der Waals surface area contributed by atoms with Crippen LogP contribution in [0.5, 0.6) is 0 Å². The van der Waals surface area contributed by atoms with E-state index >= 15 is 0 Å². The Morgan fingerprint density at radius 1 is 1.38 bits per heavy atom. The molecule has 0 bridgehead atoms. The number of thiophene rings is 1. The topological polar surface area (TPSA) is 101 Å². The minimum atomic E-state index is -3.94. The van der Waals surface area contributed by atoms with E-state index in [1.165, 1.54) is 36.6 Å².